The fourth-order valence-corrected chi connectivity index (χ4v) is 2.24. The van der Waals surface area contributed by atoms with E-state index in [-0.39, 0.29) is 5.56 Å². The van der Waals surface area contributed by atoms with Gasteiger partial charge in [0.25, 0.3) is 5.56 Å². The molecule has 1 N–H and O–H groups in total. The van der Waals surface area contributed by atoms with Crippen molar-refractivity contribution in [2.24, 2.45) is 7.05 Å². The molecule has 4 rings (SSSR count). The van der Waals surface area contributed by atoms with Crippen LogP contribution in [0.2, 0.25) is 0 Å². The summed E-state index contributed by atoms with van der Waals surface area (Å²) in [6, 6.07) is 9.62. The number of nitrogens with one attached hydrogen (secondary N) is 1. The third-order valence-electron chi connectivity index (χ3n) is 3.19. The van der Waals surface area contributed by atoms with E-state index in [1.54, 1.807) is 15.4 Å². The highest BCUT2D eigenvalue weighted by molar-refractivity contribution is 5.72. The third kappa shape index (κ3) is 1.40. The second-order valence-electron chi connectivity index (χ2n) is 4.52. The highest BCUT2D eigenvalue weighted by Crippen LogP contribution is 2.16. The van der Waals surface area contributed by atoms with E-state index >= 15 is 0 Å². The Morgan fingerprint density at radius 1 is 1.20 bits per heavy atom. The predicted molar refractivity (Wildman–Crippen MR) is 73.3 cm³/mol. The monoisotopic (exact) mass is 266 g/mol. The Morgan fingerprint density at radius 2 is 2.00 bits per heavy atom. The van der Waals surface area contributed by atoms with Crippen LogP contribution in [0.1, 0.15) is 0 Å². The molecule has 0 saturated carbocycles. The smallest absolute Gasteiger partial charge is 0.280 e. The van der Waals surface area contributed by atoms with Crippen LogP contribution in [0.5, 0.6) is 0 Å². The Balaban J connectivity index is 2.12. The Labute approximate surface area is 112 Å². The average molecular weight is 266 g/mol. The molecule has 0 radical (unpaired) electrons. The van der Waals surface area contributed by atoms with Gasteiger partial charge in [0.2, 0.25) is 5.78 Å². The minimum Gasteiger partial charge on any atom is -0.318 e. The molecule has 0 aliphatic rings. The molecule has 0 bridgehead atoms. The highest BCUT2D eigenvalue weighted by Gasteiger charge is 2.14. The summed E-state index contributed by atoms with van der Waals surface area (Å²) in [6.45, 7) is 0. The van der Waals surface area contributed by atoms with Crippen LogP contribution in [0, 0.1) is 0 Å². The lowest BCUT2D eigenvalue weighted by Crippen LogP contribution is -2.11. The van der Waals surface area contributed by atoms with E-state index in [9.17, 15) is 4.79 Å². The van der Waals surface area contributed by atoms with Crippen LogP contribution in [-0.4, -0.2) is 29.1 Å². The maximum absolute atomic E-state index is 11.9. The van der Waals surface area contributed by atoms with Crippen LogP contribution < -0.4 is 5.56 Å². The number of H-pyrrole nitrogens is 1. The van der Waals surface area contributed by atoms with Crippen molar-refractivity contribution in [3.63, 3.8) is 0 Å². The van der Waals surface area contributed by atoms with Gasteiger partial charge in [0.15, 0.2) is 17.0 Å². The fraction of sp³-hybridized carbons (Fsp3) is 0.0769. The molecule has 0 fully saturated rings. The first-order valence-electron chi connectivity index (χ1n) is 6.09. The first kappa shape index (κ1) is 10.9. The summed E-state index contributed by atoms with van der Waals surface area (Å²) in [5.74, 6) is 0.972. The SMILES string of the molecule is Cn1cnc2c(=O)[nH]c3nc(-c4ccccc4)nn3c21. The molecule has 0 amide bonds. The highest BCUT2D eigenvalue weighted by atomic mass is 16.1. The van der Waals surface area contributed by atoms with Gasteiger partial charge < -0.3 is 4.57 Å². The molecule has 0 unspecified atom stereocenters. The fourth-order valence-electron chi connectivity index (χ4n) is 2.24. The molecule has 7 nitrogen and oxygen atoms in total. The number of fused-ring (bicyclic) bond motifs is 3. The topological polar surface area (TPSA) is 80.9 Å². The first-order valence-corrected chi connectivity index (χ1v) is 6.09. The minimum absolute atomic E-state index is 0.264. The minimum atomic E-state index is -0.264. The lowest BCUT2D eigenvalue weighted by Gasteiger charge is -1.96. The van der Waals surface area contributed by atoms with E-state index in [0.717, 1.165) is 5.56 Å². The zero-order valence-corrected chi connectivity index (χ0v) is 10.6. The molecule has 20 heavy (non-hydrogen) atoms. The number of rotatable bonds is 1. The Morgan fingerprint density at radius 3 is 2.80 bits per heavy atom. The Hall–Kier alpha value is -2.96. The first-order chi connectivity index (χ1) is 9.74. The molecule has 1 aromatic carbocycles. The van der Waals surface area contributed by atoms with Gasteiger partial charge in [-0.3, -0.25) is 9.78 Å². The standard InChI is InChI=1S/C13H10N6O/c1-18-7-14-9-11(20)16-13-15-10(17-19(13)12(9)18)8-5-3-2-4-6-8/h2-7H,1H3,(H,15,16,17,20). The van der Waals surface area contributed by atoms with Gasteiger partial charge in [0.05, 0.1) is 6.33 Å². The Bertz CT molecular complexity index is 979. The van der Waals surface area contributed by atoms with Gasteiger partial charge in [-0.2, -0.15) is 9.50 Å². The number of benzene rings is 1. The summed E-state index contributed by atoms with van der Waals surface area (Å²) >= 11 is 0. The van der Waals surface area contributed by atoms with Crippen molar-refractivity contribution in [3.8, 4) is 11.4 Å². The molecular weight excluding hydrogens is 256 g/mol. The van der Waals surface area contributed by atoms with Gasteiger partial charge in [-0.05, 0) is 0 Å². The Kier molecular flexibility index (Phi) is 2.06. The number of hydrogen-bond acceptors (Lipinski definition) is 4. The summed E-state index contributed by atoms with van der Waals surface area (Å²) in [7, 11) is 1.82. The van der Waals surface area contributed by atoms with Crippen molar-refractivity contribution in [1.82, 2.24) is 29.1 Å². The predicted octanol–water partition coefficient (Wildman–Crippen LogP) is 0.971. The largest absolute Gasteiger partial charge is 0.318 e. The quantitative estimate of drug-likeness (QED) is 0.556. The van der Waals surface area contributed by atoms with Gasteiger partial charge in [-0.25, -0.2) is 4.98 Å². The van der Waals surface area contributed by atoms with Crippen molar-refractivity contribution in [2.45, 2.75) is 0 Å². The number of aromatic amines is 1. The van der Waals surface area contributed by atoms with Crippen molar-refractivity contribution >= 4 is 16.9 Å². The second-order valence-corrected chi connectivity index (χ2v) is 4.52. The van der Waals surface area contributed by atoms with E-state index in [1.807, 2.05) is 37.4 Å². The molecule has 3 aromatic heterocycles. The maximum atomic E-state index is 11.9. The van der Waals surface area contributed by atoms with Crippen LogP contribution in [0.4, 0.5) is 0 Å². The molecular formula is C13H10N6O. The van der Waals surface area contributed by atoms with E-state index in [2.05, 4.69) is 20.1 Å². The molecule has 98 valence electrons. The van der Waals surface area contributed by atoms with Crippen molar-refractivity contribution in [2.75, 3.05) is 0 Å². The van der Waals surface area contributed by atoms with Gasteiger partial charge in [0, 0.05) is 12.6 Å². The van der Waals surface area contributed by atoms with Crippen LogP contribution in [-0.2, 0) is 7.05 Å². The van der Waals surface area contributed by atoms with Gasteiger partial charge in [-0.1, -0.05) is 30.3 Å². The molecule has 0 atom stereocenters. The van der Waals surface area contributed by atoms with Crippen molar-refractivity contribution < 1.29 is 0 Å². The van der Waals surface area contributed by atoms with Crippen LogP contribution in [0.15, 0.2) is 41.5 Å². The molecule has 0 aliphatic carbocycles. The summed E-state index contributed by atoms with van der Waals surface area (Å²) in [5, 5.41) is 4.46. The summed E-state index contributed by atoms with van der Waals surface area (Å²) in [6.07, 6.45) is 1.59. The van der Waals surface area contributed by atoms with E-state index in [0.29, 0.717) is 22.8 Å². The van der Waals surface area contributed by atoms with Gasteiger partial charge in [-0.15, -0.1) is 5.10 Å². The molecule has 3 heterocycles. The van der Waals surface area contributed by atoms with Crippen LogP contribution >= 0.6 is 0 Å². The normalized spacial score (nSPS) is 11.4. The number of nitrogens with zero attached hydrogens (tertiary/aromatic N) is 5. The van der Waals surface area contributed by atoms with E-state index in [4.69, 9.17) is 0 Å². The van der Waals surface area contributed by atoms with Crippen molar-refractivity contribution in [3.05, 3.63) is 47.0 Å². The summed E-state index contributed by atoms with van der Waals surface area (Å²) in [4.78, 5) is 23.1. The van der Waals surface area contributed by atoms with E-state index < -0.39 is 0 Å². The number of aryl methyl sites for hydroxylation is 1. The molecule has 0 saturated heterocycles. The lowest BCUT2D eigenvalue weighted by molar-refractivity contribution is 0.874. The van der Waals surface area contributed by atoms with Crippen LogP contribution in [0.25, 0.3) is 28.3 Å². The van der Waals surface area contributed by atoms with Gasteiger partial charge >= 0.3 is 0 Å². The molecule has 7 heteroatoms. The lowest BCUT2D eigenvalue weighted by atomic mass is 10.2. The van der Waals surface area contributed by atoms with Gasteiger partial charge in [0.1, 0.15) is 0 Å². The number of aromatic nitrogens is 6. The third-order valence-corrected chi connectivity index (χ3v) is 3.19. The van der Waals surface area contributed by atoms with Crippen LogP contribution in [0.3, 0.4) is 0 Å². The number of imidazole rings is 1. The second kappa shape index (κ2) is 3.77. The molecule has 0 aliphatic heterocycles. The summed E-state index contributed by atoms with van der Waals surface area (Å²) < 4.78 is 3.35. The molecule has 4 aromatic rings. The number of hydrogen-bond donors (Lipinski definition) is 1. The summed E-state index contributed by atoms with van der Waals surface area (Å²) in [5.41, 5.74) is 1.61. The van der Waals surface area contributed by atoms with E-state index in [1.165, 1.54) is 0 Å². The zero-order chi connectivity index (χ0) is 13.7. The average Bonchev–Trinajstić information content (AvgIpc) is 3.04. The zero-order valence-electron chi connectivity index (χ0n) is 10.6. The maximum Gasteiger partial charge on any atom is 0.280 e. The van der Waals surface area contributed by atoms with Crippen molar-refractivity contribution in [1.29, 1.82) is 0 Å². The molecule has 0 spiro atoms.